The van der Waals surface area contributed by atoms with Gasteiger partial charge in [-0.1, -0.05) is 65.0 Å². The van der Waals surface area contributed by atoms with E-state index in [4.69, 9.17) is 29.8 Å². The molecule has 2 aromatic heterocycles. The van der Waals surface area contributed by atoms with Gasteiger partial charge in [-0.15, -0.1) is 0 Å². The first-order valence-corrected chi connectivity index (χ1v) is 28.9. The number of carbonyl (C=O) groups excluding carboxylic acids is 6. The smallest absolute Gasteiger partial charge is 0.254 e. The predicted octanol–water partition coefficient (Wildman–Crippen LogP) is 4.70. The monoisotopic (exact) mass is 1150 g/mol. The van der Waals surface area contributed by atoms with Gasteiger partial charge in [0.15, 0.2) is 0 Å². The molecule has 6 atom stereocenters. The zero-order valence-electron chi connectivity index (χ0n) is 49.5. The second-order valence-corrected chi connectivity index (χ2v) is 22.3. The highest BCUT2D eigenvalue weighted by atomic mass is 19.1. The van der Waals surface area contributed by atoms with E-state index in [-0.39, 0.29) is 107 Å². The number of hydrogen-bond acceptors (Lipinski definition) is 15. The molecule has 2 aliphatic heterocycles. The number of anilines is 2. The highest BCUT2D eigenvalue weighted by molar-refractivity contribution is 5.96. The zero-order valence-corrected chi connectivity index (χ0v) is 49.5. The minimum atomic E-state index is -0.932. The molecule has 1 saturated heterocycles. The molecule has 8 N–H and O–H groups in total. The van der Waals surface area contributed by atoms with Crippen molar-refractivity contribution in [2.24, 2.45) is 5.41 Å². The summed E-state index contributed by atoms with van der Waals surface area (Å²) in [6.45, 7) is 14.9. The van der Waals surface area contributed by atoms with Crippen molar-refractivity contribution < 1.29 is 52.1 Å². The van der Waals surface area contributed by atoms with Crippen LogP contribution in [0.4, 0.5) is 15.9 Å². The molecule has 0 radical (unpaired) electrons. The number of benzene rings is 2. The molecule has 4 heterocycles. The molecule has 83 heavy (non-hydrogen) atoms. The fraction of sp³-hybridized carbons (Fsp3) is 0.567. The van der Waals surface area contributed by atoms with E-state index < -0.39 is 41.3 Å². The number of ether oxygens (including phenoxy) is 4. The Hall–Kier alpha value is -7.05. The molecule has 6 amide bonds. The highest BCUT2D eigenvalue weighted by Gasteiger charge is 2.46. The second kappa shape index (κ2) is 32.1. The normalized spacial score (nSPS) is 17.7. The van der Waals surface area contributed by atoms with Crippen LogP contribution in [0.3, 0.4) is 0 Å². The summed E-state index contributed by atoms with van der Waals surface area (Å²) >= 11 is 0. The van der Waals surface area contributed by atoms with Gasteiger partial charge in [0, 0.05) is 74.6 Å². The van der Waals surface area contributed by atoms with E-state index in [1.54, 1.807) is 42.9 Å². The van der Waals surface area contributed by atoms with Crippen molar-refractivity contribution in [2.75, 3.05) is 97.6 Å². The van der Waals surface area contributed by atoms with E-state index in [2.05, 4.69) is 36.9 Å². The zero-order chi connectivity index (χ0) is 60.1. The van der Waals surface area contributed by atoms with Crippen molar-refractivity contribution in [2.45, 2.75) is 129 Å². The average molecular weight is 1160 g/mol. The number of nitrogen functional groups attached to an aromatic ring is 1. The van der Waals surface area contributed by atoms with E-state index in [1.165, 1.54) is 17.0 Å². The molecule has 0 aliphatic carbocycles. The number of nitrogens with one attached hydrogen (secondary N) is 6. The number of likely N-dealkylation sites (tertiary alicyclic amines) is 1. The largest absolute Gasteiger partial charge is 0.382 e. The molecule has 454 valence electrons. The maximum Gasteiger partial charge on any atom is 0.254 e. The van der Waals surface area contributed by atoms with Gasteiger partial charge in [0.2, 0.25) is 29.5 Å². The molecule has 0 unspecified atom stereocenters. The van der Waals surface area contributed by atoms with Gasteiger partial charge in [0.05, 0.1) is 89.4 Å². The van der Waals surface area contributed by atoms with E-state index in [1.807, 2.05) is 77.2 Å². The Labute approximate surface area is 487 Å². The van der Waals surface area contributed by atoms with Crippen molar-refractivity contribution in [1.29, 1.82) is 0 Å². The number of halogens is 1. The number of carbonyl (C=O) groups is 6. The molecule has 1 fully saturated rings. The van der Waals surface area contributed by atoms with Crippen molar-refractivity contribution in [1.82, 2.24) is 51.1 Å². The number of rotatable bonds is 27. The summed E-state index contributed by atoms with van der Waals surface area (Å²) in [7, 11) is 3.36. The van der Waals surface area contributed by atoms with Crippen LogP contribution >= 0.6 is 0 Å². The van der Waals surface area contributed by atoms with Gasteiger partial charge in [-0.25, -0.2) is 9.37 Å². The Morgan fingerprint density at radius 2 is 1.55 bits per heavy atom. The van der Waals surface area contributed by atoms with Crippen LogP contribution in [0.15, 0.2) is 67.0 Å². The lowest BCUT2D eigenvalue weighted by atomic mass is 9.85. The Balaban J connectivity index is 0.853. The maximum absolute atomic E-state index is 14.5. The van der Waals surface area contributed by atoms with Crippen LogP contribution in [0, 0.1) is 11.2 Å². The van der Waals surface area contributed by atoms with Gasteiger partial charge in [0.1, 0.15) is 23.7 Å². The molecular weight excluding hydrogens is 1070 g/mol. The third-order valence-electron chi connectivity index (χ3n) is 14.8. The molecule has 2 aliphatic rings. The number of likely N-dealkylation sites (N-methyl/N-ethyl adjacent to an activating group) is 1. The molecule has 22 nitrogen and oxygen atoms in total. The summed E-state index contributed by atoms with van der Waals surface area (Å²) in [6, 6.07) is 12.7. The fourth-order valence-corrected chi connectivity index (χ4v) is 9.93. The summed E-state index contributed by atoms with van der Waals surface area (Å²) in [5, 5.41) is 23.0. The predicted molar refractivity (Wildman–Crippen MR) is 313 cm³/mol. The van der Waals surface area contributed by atoms with Crippen LogP contribution in [-0.2, 0) is 56.0 Å². The summed E-state index contributed by atoms with van der Waals surface area (Å²) in [4.78, 5) is 88.6. The third-order valence-corrected chi connectivity index (χ3v) is 14.8. The van der Waals surface area contributed by atoms with Gasteiger partial charge in [0.25, 0.3) is 5.91 Å². The summed E-state index contributed by atoms with van der Waals surface area (Å²) in [5.41, 5.74) is 10.4. The van der Waals surface area contributed by atoms with Crippen LogP contribution in [0.25, 0.3) is 11.1 Å². The topological polar surface area (TPSA) is 275 Å². The summed E-state index contributed by atoms with van der Waals surface area (Å²) in [5.74, 6) is -1.89. The summed E-state index contributed by atoms with van der Waals surface area (Å²) in [6.07, 6.45) is 6.06. The third kappa shape index (κ3) is 19.5. The molecule has 0 spiro atoms. The van der Waals surface area contributed by atoms with Gasteiger partial charge in [-0.05, 0) is 86.4 Å². The number of amides is 6. The molecule has 2 bridgehead atoms. The highest BCUT2D eigenvalue weighted by Crippen LogP contribution is 2.32. The fourth-order valence-electron chi connectivity index (χ4n) is 9.93. The molecule has 6 rings (SSSR count). The molecule has 23 heteroatoms. The average Bonchev–Trinajstić information content (AvgIpc) is 3.69. The van der Waals surface area contributed by atoms with Crippen LogP contribution < -0.4 is 37.6 Å². The first-order chi connectivity index (χ1) is 39.8. The first-order valence-electron chi connectivity index (χ1n) is 28.9. The number of fused-ring (bicyclic) bond motifs is 5. The Bertz CT molecular complexity index is 2780. The van der Waals surface area contributed by atoms with Crippen LogP contribution in [-0.4, -0.2) is 171 Å². The first kappa shape index (κ1) is 65.1. The van der Waals surface area contributed by atoms with Gasteiger partial charge in [-0.3, -0.25) is 33.4 Å². The number of hydrogen-bond donors (Lipinski definition) is 7. The lowest BCUT2D eigenvalue weighted by molar-refractivity contribution is -0.144. The number of pyridine rings is 1. The van der Waals surface area contributed by atoms with Gasteiger partial charge >= 0.3 is 0 Å². The second-order valence-electron chi connectivity index (χ2n) is 22.3. The maximum atomic E-state index is 14.5. The van der Waals surface area contributed by atoms with Crippen molar-refractivity contribution in [3.8, 4) is 11.1 Å². The Morgan fingerprint density at radius 3 is 2.20 bits per heavy atom. The molecule has 0 saturated carbocycles. The van der Waals surface area contributed by atoms with Gasteiger partial charge < -0.3 is 66.4 Å². The molecular formula is C60H87FN12O10. The standard InChI is InChI=1S/C60H87FN12O10/c1-9-48(41-15-11-10-12-16-41)68-57(77)51-34-44(36-73(51)59(79)54(60(4,5)6)69-56(76)40(3)63-7)67-53(75)20-25-81-27-29-83-31-30-82-28-26-80-24-19-52(74)65-22-23-72-37-47-42-32-49(55(62)66-35-42)64-21-13-14-39(2)46-33-43(61)17-18-45(46)58(78)71(8)38-50(47)70-72/h10-12,15-18,32-33,35,37,39-40,44,48,51,54,63-64H,9,13-14,19-31,34,36,38H2,1-8H3,(H2,62,66)(H,65,74)(H,67,75)(H,68,77)(H,69,76)/t39-,40-,44-,48+,51-,54+/m1/s1. The number of aromatic nitrogens is 3. The van der Waals surface area contributed by atoms with Crippen LogP contribution in [0.5, 0.6) is 0 Å². The minimum absolute atomic E-state index is 0.0581. The number of nitrogens with zero attached hydrogens (tertiary/aromatic N) is 5. The quantitative estimate of drug-likeness (QED) is 0.0399. The lowest BCUT2D eigenvalue weighted by Gasteiger charge is -2.36. The molecule has 4 aromatic rings. The van der Waals surface area contributed by atoms with E-state index >= 15 is 0 Å². The van der Waals surface area contributed by atoms with Crippen LogP contribution in [0.1, 0.15) is 119 Å². The van der Waals surface area contributed by atoms with Gasteiger partial charge in [-0.2, -0.15) is 5.10 Å². The Kier molecular flexibility index (Phi) is 25.2. The lowest BCUT2D eigenvalue weighted by Crippen LogP contribution is -2.59. The van der Waals surface area contributed by atoms with E-state index in [9.17, 15) is 33.2 Å². The SMILES string of the molecule is CC[C@H](NC(=O)[C@H]1C[C@@H](NC(=O)CCOCCOCCOCCOCCC(=O)NCCn2cc3c(n2)CN(C)C(=O)c2ccc(F)cc2[C@H](C)CCCNc2cc-3cnc2N)CN1C(=O)[C@H](NC(=O)[C@@H](C)NC)C(C)(C)C)c1ccccc1. The van der Waals surface area contributed by atoms with Crippen molar-refractivity contribution >= 4 is 46.9 Å². The minimum Gasteiger partial charge on any atom is -0.382 e. The van der Waals surface area contributed by atoms with E-state index in [0.717, 1.165) is 29.5 Å². The number of nitrogens with two attached hydrogens (primary N) is 1. The van der Waals surface area contributed by atoms with Crippen molar-refractivity contribution in [3.63, 3.8) is 0 Å². The van der Waals surface area contributed by atoms with Crippen LogP contribution in [0.2, 0.25) is 0 Å². The Morgan fingerprint density at radius 1 is 0.892 bits per heavy atom. The summed E-state index contributed by atoms with van der Waals surface area (Å²) < 4.78 is 38.7. The van der Waals surface area contributed by atoms with E-state index in [0.29, 0.717) is 74.2 Å². The molecule has 2 aromatic carbocycles. The van der Waals surface area contributed by atoms with Crippen molar-refractivity contribution in [3.05, 3.63) is 95.2 Å².